The summed E-state index contributed by atoms with van der Waals surface area (Å²) in [5.41, 5.74) is 0.384. The van der Waals surface area contributed by atoms with Crippen molar-refractivity contribution < 1.29 is 28.4 Å². The Kier molecular flexibility index (Phi) is 9.69. The van der Waals surface area contributed by atoms with Crippen LogP contribution >= 0.6 is 0 Å². The van der Waals surface area contributed by atoms with Crippen molar-refractivity contribution in [2.75, 3.05) is 12.4 Å². The number of rotatable bonds is 12. The summed E-state index contributed by atoms with van der Waals surface area (Å²) in [7, 11) is 1.32. The number of aryl methyl sites for hydroxylation is 1. The average molecular weight is 646 g/mol. The Morgan fingerprint density at radius 3 is 2.51 bits per heavy atom. The molecular weight excluding hydrogens is 602 g/mol. The van der Waals surface area contributed by atoms with Gasteiger partial charge in [-0.3, -0.25) is 28.8 Å². The number of hydrogen-bond acceptors (Lipinski definition) is 7. The highest BCUT2D eigenvalue weighted by molar-refractivity contribution is 6.36. The van der Waals surface area contributed by atoms with Crippen LogP contribution in [0.1, 0.15) is 69.0 Å². The van der Waals surface area contributed by atoms with E-state index in [0.717, 1.165) is 18.2 Å². The number of para-hydroxylation sites is 1. The molecule has 0 spiro atoms. The average Bonchev–Trinajstić information content (AvgIpc) is 3.65. The van der Waals surface area contributed by atoms with Gasteiger partial charge in [0.25, 0.3) is 17.4 Å². The molecule has 2 heterocycles. The van der Waals surface area contributed by atoms with Gasteiger partial charge >= 0.3 is 0 Å². The molecule has 5 rings (SSSR count). The molecule has 0 radical (unpaired) electrons. The number of carbonyl (C=O) groups is 5. The minimum Gasteiger partial charge on any atom is -0.451 e. The van der Waals surface area contributed by atoms with Crippen molar-refractivity contribution in [1.82, 2.24) is 20.5 Å². The molecule has 12 nitrogen and oxygen atoms in total. The maximum Gasteiger partial charge on any atom is 0.287 e. The molecule has 250 valence electrons. The molecule has 2 saturated carbocycles. The van der Waals surface area contributed by atoms with Crippen LogP contribution in [0.2, 0.25) is 0 Å². The first kappa shape index (κ1) is 33.6. The number of benzene rings is 1. The van der Waals surface area contributed by atoms with E-state index < -0.39 is 35.1 Å². The highest BCUT2D eigenvalue weighted by atomic mass is 16.3. The summed E-state index contributed by atoms with van der Waals surface area (Å²) >= 11 is 0. The Labute approximate surface area is 273 Å². The van der Waals surface area contributed by atoms with E-state index in [-0.39, 0.29) is 48.2 Å². The first-order valence-corrected chi connectivity index (χ1v) is 16.2. The van der Waals surface area contributed by atoms with E-state index in [9.17, 15) is 28.8 Å². The smallest absolute Gasteiger partial charge is 0.287 e. The zero-order valence-electron chi connectivity index (χ0n) is 27.5. The number of nitrogens with one attached hydrogen (secondary N) is 4. The maximum absolute atomic E-state index is 13.5. The number of aromatic nitrogens is 1. The molecule has 1 aromatic carbocycles. The van der Waals surface area contributed by atoms with Crippen molar-refractivity contribution >= 4 is 46.1 Å². The van der Waals surface area contributed by atoms with Gasteiger partial charge < -0.3 is 30.3 Å². The minimum absolute atomic E-state index is 0.00114. The number of hydrogen-bond donors (Lipinski definition) is 4. The lowest BCUT2D eigenvalue weighted by molar-refractivity contribution is -0.137. The number of Topliss-reactive ketones (excluding diaryl/α,β-unsaturated/α-hetero) is 1. The molecule has 3 unspecified atom stereocenters. The normalized spacial score (nSPS) is 22.2. The number of nitrogens with zero attached hydrogens (tertiary/aromatic N) is 1. The molecule has 2 aliphatic carbocycles. The van der Waals surface area contributed by atoms with Gasteiger partial charge in [0.2, 0.25) is 17.6 Å². The third-order valence-corrected chi connectivity index (χ3v) is 10.1. The zero-order valence-corrected chi connectivity index (χ0v) is 27.5. The molecule has 2 fully saturated rings. The van der Waals surface area contributed by atoms with E-state index in [1.807, 2.05) is 6.07 Å². The van der Waals surface area contributed by atoms with Crippen LogP contribution in [0.15, 0.2) is 51.8 Å². The third-order valence-electron chi connectivity index (χ3n) is 10.1. The SMILES string of the molecule is CNC(=O)C(=O)CC[C@H](NC(=O)c1oc2ccccc2c1C)C(=O)Nc1cccn(CC(=O)NC2CC3CC[C@]2(C)C3C(C)C)c1=O. The topological polar surface area (TPSA) is 169 Å². The molecule has 3 aromatic rings. The second-order valence-electron chi connectivity index (χ2n) is 13.4. The molecule has 12 heteroatoms. The maximum atomic E-state index is 13.5. The molecule has 0 saturated heterocycles. The van der Waals surface area contributed by atoms with Crippen LogP contribution in [0, 0.1) is 30.1 Å². The summed E-state index contributed by atoms with van der Waals surface area (Å²) in [6.45, 7) is 8.22. The first-order chi connectivity index (χ1) is 22.3. The number of ketones is 1. The largest absolute Gasteiger partial charge is 0.451 e. The molecular formula is C35H43N5O7. The highest BCUT2D eigenvalue weighted by Crippen LogP contribution is 2.60. The lowest BCUT2D eigenvalue weighted by atomic mass is 9.73. The lowest BCUT2D eigenvalue weighted by Crippen LogP contribution is -2.47. The number of carbonyl (C=O) groups excluding carboxylic acids is 5. The van der Waals surface area contributed by atoms with Gasteiger partial charge in [-0.15, -0.1) is 0 Å². The van der Waals surface area contributed by atoms with Crippen molar-refractivity contribution in [3.05, 3.63) is 64.3 Å². The standard InChI is InChI=1S/C35H43N5O7/c1-19(2)29-21-14-15-35(29,4)27(17-21)39-28(42)18-40-16-8-10-24(34(40)46)38-31(43)23(12-13-25(41)32(44)36-5)37-33(45)30-20(3)22-9-6-7-11-26(22)47-30/h6-11,16,19,21,23,27,29H,12-15,17-18H2,1-5H3,(H,36,44)(H,37,45)(H,38,43)(H,39,42)/t21?,23-,27?,29?,35-/m0/s1. The summed E-state index contributed by atoms with van der Waals surface area (Å²) in [6, 6.07) is 8.78. The van der Waals surface area contributed by atoms with E-state index in [0.29, 0.717) is 28.9 Å². The Hall–Kier alpha value is -4.74. The summed E-state index contributed by atoms with van der Waals surface area (Å²) < 4.78 is 6.96. The van der Waals surface area contributed by atoms with Crippen LogP contribution in [0.3, 0.4) is 0 Å². The van der Waals surface area contributed by atoms with E-state index in [1.165, 1.54) is 30.3 Å². The van der Waals surface area contributed by atoms with Crippen molar-refractivity contribution in [2.24, 2.45) is 23.2 Å². The van der Waals surface area contributed by atoms with Crippen LogP contribution < -0.4 is 26.8 Å². The summed E-state index contributed by atoms with van der Waals surface area (Å²) in [5.74, 6) is -1.69. The predicted octanol–water partition coefficient (Wildman–Crippen LogP) is 3.31. The van der Waals surface area contributed by atoms with Crippen molar-refractivity contribution in [2.45, 2.75) is 78.4 Å². The quantitative estimate of drug-likeness (QED) is 0.219. The number of amides is 4. The van der Waals surface area contributed by atoms with Gasteiger partial charge in [0, 0.05) is 36.7 Å². The van der Waals surface area contributed by atoms with Gasteiger partial charge in [-0.25, -0.2) is 0 Å². The lowest BCUT2D eigenvalue weighted by Gasteiger charge is -2.36. The Morgan fingerprint density at radius 1 is 1.09 bits per heavy atom. The van der Waals surface area contributed by atoms with Crippen LogP contribution in [-0.4, -0.2) is 53.1 Å². The molecule has 5 atom stereocenters. The van der Waals surface area contributed by atoms with Crippen molar-refractivity contribution in [1.29, 1.82) is 0 Å². The zero-order chi connectivity index (χ0) is 34.0. The summed E-state index contributed by atoms with van der Waals surface area (Å²) in [4.78, 5) is 77.4. The molecule has 2 aliphatic rings. The fraction of sp³-hybridized carbons (Fsp3) is 0.486. The molecule has 2 bridgehead atoms. The van der Waals surface area contributed by atoms with Crippen molar-refractivity contribution in [3.8, 4) is 0 Å². The van der Waals surface area contributed by atoms with Gasteiger partial charge in [0.05, 0.1) is 0 Å². The third kappa shape index (κ3) is 6.72. The first-order valence-electron chi connectivity index (χ1n) is 16.2. The number of fused-ring (bicyclic) bond motifs is 3. The van der Waals surface area contributed by atoms with Crippen LogP contribution in [0.5, 0.6) is 0 Å². The van der Waals surface area contributed by atoms with E-state index in [4.69, 9.17) is 4.42 Å². The Bertz CT molecular complexity index is 1770. The van der Waals surface area contributed by atoms with Gasteiger partial charge in [0.1, 0.15) is 23.9 Å². The van der Waals surface area contributed by atoms with E-state index in [1.54, 1.807) is 31.2 Å². The number of likely N-dealkylation sites (N-methyl/N-ethyl adjacent to an activating group) is 1. The van der Waals surface area contributed by atoms with Crippen LogP contribution in [0.4, 0.5) is 5.69 Å². The number of pyridine rings is 1. The van der Waals surface area contributed by atoms with Gasteiger partial charge in [-0.05, 0) is 74.0 Å². The predicted molar refractivity (Wildman–Crippen MR) is 176 cm³/mol. The fourth-order valence-corrected chi connectivity index (χ4v) is 7.94. The molecule has 4 amide bonds. The minimum atomic E-state index is -1.30. The number of furan rings is 1. The van der Waals surface area contributed by atoms with Gasteiger partial charge in [-0.2, -0.15) is 0 Å². The van der Waals surface area contributed by atoms with E-state index >= 15 is 0 Å². The summed E-state index contributed by atoms with van der Waals surface area (Å²) in [6.07, 6.45) is 4.09. The Balaban J connectivity index is 1.29. The second kappa shape index (κ2) is 13.5. The second-order valence-corrected chi connectivity index (χ2v) is 13.4. The van der Waals surface area contributed by atoms with Crippen LogP contribution in [-0.2, 0) is 25.7 Å². The van der Waals surface area contributed by atoms with Crippen molar-refractivity contribution in [3.63, 3.8) is 0 Å². The van der Waals surface area contributed by atoms with Gasteiger partial charge in [-0.1, -0.05) is 39.0 Å². The fourth-order valence-electron chi connectivity index (χ4n) is 7.94. The number of anilines is 1. The highest BCUT2D eigenvalue weighted by Gasteiger charge is 2.57. The monoisotopic (exact) mass is 645 g/mol. The van der Waals surface area contributed by atoms with E-state index in [2.05, 4.69) is 42.0 Å². The molecule has 2 aromatic heterocycles. The molecule has 47 heavy (non-hydrogen) atoms. The Morgan fingerprint density at radius 2 is 1.83 bits per heavy atom. The molecule has 4 N–H and O–H groups in total. The molecule has 0 aliphatic heterocycles. The summed E-state index contributed by atoms with van der Waals surface area (Å²) in [5, 5.41) is 11.3. The van der Waals surface area contributed by atoms with Gasteiger partial charge in [0.15, 0.2) is 5.76 Å². The van der Waals surface area contributed by atoms with Crippen LogP contribution in [0.25, 0.3) is 11.0 Å².